The number of nitrogens with one attached hydrogen (secondary N) is 2. The van der Waals surface area contributed by atoms with E-state index in [-0.39, 0.29) is 0 Å². The Morgan fingerprint density at radius 2 is 2.08 bits per heavy atom. The van der Waals surface area contributed by atoms with E-state index in [0.717, 1.165) is 28.4 Å². The molecule has 3 heterocycles. The maximum absolute atomic E-state index is 5.92. The Hall–Kier alpha value is -1.98. The van der Waals surface area contributed by atoms with Crippen molar-refractivity contribution in [1.82, 2.24) is 15.5 Å². The third-order valence-corrected chi connectivity index (χ3v) is 5.05. The zero-order chi connectivity index (χ0) is 16.5. The molecule has 2 aliphatic heterocycles. The molecule has 2 atom stereocenters. The summed E-state index contributed by atoms with van der Waals surface area (Å²) in [5.41, 5.74) is 7.33. The molecule has 1 fully saturated rings. The number of hydrogen-bond acceptors (Lipinski definition) is 5. The molecular weight excluding hydrogens is 322 g/mol. The van der Waals surface area contributed by atoms with Crippen molar-refractivity contribution in [3.63, 3.8) is 0 Å². The Bertz CT molecular complexity index is 771. The Morgan fingerprint density at radius 1 is 1.25 bits per heavy atom. The first kappa shape index (κ1) is 15.5. The van der Waals surface area contributed by atoms with Crippen molar-refractivity contribution in [3.8, 4) is 0 Å². The number of nitrogens with zero attached hydrogens (tertiary/aromatic N) is 3. The lowest BCUT2D eigenvalue weighted by atomic mass is 9.85. The van der Waals surface area contributed by atoms with Crippen LogP contribution in [0.3, 0.4) is 0 Å². The average molecular weight is 342 g/mol. The number of halogens is 1. The monoisotopic (exact) mass is 341 g/mol. The molecule has 1 aromatic heterocycles. The second kappa shape index (κ2) is 6.49. The van der Waals surface area contributed by atoms with E-state index >= 15 is 0 Å². The highest BCUT2D eigenvalue weighted by molar-refractivity contribution is 6.30. The zero-order valence-electron chi connectivity index (χ0n) is 13.6. The Balaban J connectivity index is 1.53. The van der Waals surface area contributed by atoms with Gasteiger partial charge in [-0.05, 0) is 55.5 Å². The maximum atomic E-state index is 5.92. The van der Waals surface area contributed by atoms with E-state index in [4.69, 9.17) is 11.6 Å². The fraction of sp³-hybridized carbons (Fsp3) is 0.389. The number of hydrogen-bond donors (Lipinski definition) is 2. The molecule has 1 saturated heterocycles. The second-order valence-corrected chi connectivity index (χ2v) is 6.94. The van der Waals surface area contributed by atoms with Crippen LogP contribution in [0, 0.1) is 0 Å². The summed E-state index contributed by atoms with van der Waals surface area (Å²) < 4.78 is 0. The molecule has 24 heavy (non-hydrogen) atoms. The van der Waals surface area contributed by atoms with Crippen LogP contribution in [0.25, 0.3) is 0 Å². The highest BCUT2D eigenvalue weighted by Crippen LogP contribution is 2.33. The van der Waals surface area contributed by atoms with Crippen LogP contribution in [0.1, 0.15) is 49.0 Å². The fourth-order valence-electron chi connectivity index (χ4n) is 3.50. The number of rotatable bonds is 3. The molecule has 0 aliphatic carbocycles. The molecule has 2 aliphatic rings. The minimum Gasteiger partial charge on any atom is -0.307 e. The summed E-state index contributed by atoms with van der Waals surface area (Å²) in [5, 5.41) is 17.5. The van der Waals surface area contributed by atoms with Crippen molar-refractivity contribution in [2.24, 2.45) is 5.10 Å². The van der Waals surface area contributed by atoms with Gasteiger partial charge >= 0.3 is 0 Å². The number of hydrazone groups is 1. The molecule has 2 aromatic rings. The fourth-order valence-corrected chi connectivity index (χ4v) is 3.63. The predicted octanol–water partition coefficient (Wildman–Crippen LogP) is 3.71. The van der Waals surface area contributed by atoms with Gasteiger partial charge in [0.15, 0.2) is 5.82 Å². The summed E-state index contributed by atoms with van der Waals surface area (Å²) in [5.74, 6) is 0.688. The van der Waals surface area contributed by atoms with Crippen LogP contribution in [-0.2, 0) is 6.42 Å². The molecular formula is C18H20ClN5. The van der Waals surface area contributed by atoms with E-state index in [9.17, 15) is 0 Å². The normalized spacial score (nSPS) is 22.8. The molecule has 2 bridgehead atoms. The van der Waals surface area contributed by atoms with Gasteiger partial charge in [-0.15, -0.1) is 5.10 Å². The van der Waals surface area contributed by atoms with E-state index in [2.05, 4.69) is 32.1 Å². The SMILES string of the molecule is CC(=NNc1cc2c(nn1)CC1CCCC2N1)c1ccc(Cl)cc1. The van der Waals surface area contributed by atoms with Crippen LogP contribution in [0.5, 0.6) is 0 Å². The second-order valence-electron chi connectivity index (χ2n) is 6.50. The number of anilines is 1. The van der Waals surface area contributed by atoms with E-state index in [1.54, 1.807) is 0 Å². The highest BCUT2D eigenvalue weighted by atomic mass is 35.5. The van der Waals surface area contributed by atoms with Crippen molar-refractivity contribution in [3.05, 3.63) is 52.2 Å². The first-order valence-corrected chi connectivity index (χ1v) is 8.75. The Morgan fingerprint density at radius 3 is 2.92 bits per heavy atom. The van der Waals surface area contributed by atoms with Gasteiger partial charge in [0.05, 0.1) is 11.4 Å². The van der Waals surface area contributed by atoms with Crippen LogP contribution >= 0.6 is 11.6 Å². The summed E-state index contributed by atoms with van der Waals surface area (Å²) in [6.07, 6.45) is 4.66. The van der Waals surface area contributed by atoms with Crippen molar-refractivity contribution in [2.45, 2.75) is 44.7 Å². The Kier molecular flexibility index (Phi) is 4.21. The molecule has 2 unspecified atom stereocenters. The molecule has 1 aromatic carbocycles. The summed E-state index contributed by atoms with van der Waals surface area (Å²) in [7, 11) is 0. The zero-order valence-corrected chi connectivity index (χ0v) is 14.3. The van der Waals surface area contributed by atoms with Crippen molar-refractivity contribution in [1.29, 1.82) is 0 Å². The average Bonchev–Trinajstić information content (AvgIpc) is 2.61. The minimum atomic E-state index is 0.407. The van der Waals surface area contributed by atoms with Crippen molar-refractivity contribution in [2.75, 3.05) is 5.43 Å². The van der Waals surface area contributed by atoms with Crippen LogP contribution in [0.2, 0.25) is 5.02 Å². The van der Waals surface area contributed by atoms with Gasteiger partial charge in [-0.2, -0.15) is 10.2 Å². The number of fused-ring (bicyclic) bond motifs is 4. The quantitative estimate of drug-likeness (QED) is 0.660. The van der Waals surface area contributed by atoms with Gasteiger partial charge in [0.1, 0.15) is 0 Å². The summed E-state index contributed by atoms with van der Waals surface area (Å²) in [4.78, 5) is 0. The lowest BCUT2D eigenvalue weighted by molar-refractivity contribution is 0.297. The number of piperidine rings is 1. The van der Waals surface area contributed by atoms with Crippen LogP contribution in [0.4, 0.5) is 5.82 Å². The lowest BCUT2D eigenvalue weighted by Gasteiger charge is -2.36. The van der Waals surface area contributed by atoms with Crippen LogP contribution in [0.15, 0.2) is 35.4 Å². The Labute approximate surface area is 146 Å². The number of benzene rings is 1. The third-order valence-electron chi connectivity index (χ3n) is 4.80. The van der Waals surface area contributed by atoms with Gasteiger partial charge < -0.3 is 5.32 Å². The minimum absolute atomic E-state index is 0.407. The van der Waals surface area contributed by atoms with Gasteiger partial charge in [0, 0.05) is 23.5 Å². The molecule has 0 radical (unpaired) electrons. The highest BCUT2D eigenvalue weighted by Gasteiger charge is 2.30. The van der Waals surface area contributed by atoms with E-state index in [0.29, 0.717) is 17.9 Å². The molecule has 0 amide bonds. The van der Waals surface area contributed by atoms with Crippen LogP contribution in [-0.4, -0.2) is 22.0 Å². The van der Waals surface area contributed by atoms with E-state index in [1.165, 1.54) is 24.8 Å². The number of aromatic nitrogens is 2. The maximum Gasteiger partial charge on any atom is 0.169 e. The molecule has 5 nitrogen and oxygen atoms in total. The van der Waals surface area contributed by atoms with Crippen molar-refractivity contribution >= 4 is 23.1 Å². The standard InChI is InChI=1S/C18H20ClN5/c1-11(12-5-7-13(19)8-6-12)21-23-18-10-15-16-4-2-3-14(20-16)9-17(15)22-24-18/h5-8,10,14,16,20H,2-4,9H2,1H3,(H,23,24). The molecule has 2 N–H and O–H groups in total. The van der Waals surface area contributed by atoms with Gasteiger partial charge in [-0.1, -0.05) is 23.7 Å². The van der Waals surface area contributed by atoms with Crippen LogP contribution < -0.4 is 10.7 Å². The van der Waals surface area contributed by atoms with E-state index < -0.39 is 0 Å². The molecule has 0 saturated carbocycles. The summed E-state index contributed by atoms with van der Waals surface area (Å²) >= 11 is 5.92. The third kappa shape index (κ3) is 3.14. The molecule has 0 spiro atoms. The smallest absolute Gasteiger partial charge is 0.169 e. The predicted molar refractivity (Wildman–Crippen MR) is 96.5 cm³/mol. The molecule has 6 heteroatoms. The van der Waals surface area contributed by atoms with Gasteiger partial charge in [0.2, 0.25) is 0 Å². The topological polar surface area (TPSA) is 62.2 Å². The summed E-state index contributed by atoms with van der Waals surface area (Å²) in [6, 6.07) is 10.7. The first-order valence-electron chi connectivity index (χ1n) is 8.38. The van der Waals surface area contributed by atoms with Gasteiger partial charge in [-0.25, -0.2) is 0 Å². The molecule has 124 valence electrons. The first-order chi connectivity index (χ1) is 11.7. The van der Waals surface area contributed by atoms with Gasteiger partial charge in [0.25, 0.3) is 0 Å². The summed E-state index contributed by atoms with van der Waals surface area (Å²) in [6.45, 7) is 1.95. The lowest BCUT2D eigenvalue weighted by Crippen LogP contribution is -2.43. The van der Waals surface area contributed by atoms with Crippen molar-refractivity contribution < 1.29 is 0 Å². The van der Waals surface area contributed by atoms with E-state index in [1.807, 2.05) is 31.2 Å². The molecule has 4 rings (SSSR count). The van der Waals surface area contributed by atoms with Gasteiger partial charge in [-0.3, -0.25) is 5.43 Å². The largest absolute Gasteiger partial charge is 0.307 e.